The molecule has 0 fully saturated rings. The maximum absolute atomic E-state index is 14.2. The Morgan fingerprint density at radius 2 is 1.64 bits per heavy atom. The van der Waals surface area contributed by atoms with Crippen molar-refractivity contribution >= 4 is 27.3 Å². The molecule has 0 aliphatic carbocycles. The molecule has 1 aliphatic heterocycles. The number of benzene rings is 2. The quantitative estimate of drug-likeness (QED) is 0.765. The van der Waals surface area contributed by atoms with Crippen molar-refractivity contribution in [3.05, 3.63) is 54.3 Å². The summed E-state index contributed by atoms with van der Waals surface area (Å²) in [5.74, 6) is -0.590. The normalized spacial score (nSPS) is 15.4. The molecule has 6 nitrogen and oxygen atoms in total. The fraction of sp³-hybridized carbons (Fsp3) is 0.294. The van der Waals surface area contributed by atoms with Gasteiger partial charge in [0, 0.05) is 6.54 Å². The van der Waals surface area contributed by atoms with Crippen LogP contribution in [0.3, 0.4) is 0 Å². The summed E-state index contributed by atoms with van der Waals surface area (Å²) in [6, 6.07) is 12.7. The minimum absolute atomic E-state index is 0.00792. The van der Waals surface area contributed by atoms with E-state index in [9.17, 15) is 12.8 Å². The number of rotatable bonds is 7. The summed E-state index contributed by atoms with van der Waals surface area (Å²) in [6.45, 7) is 1.59. The second kappa shape index (κ2) is 7.38. The molecule has 1 heterocycles. The summed E-state index contributed by atoms with van der Waals surface area (Å²) < 4.78 is 48.1. The lowest BCUT2D eigenvalue weighted by Crippen LogP contribution is -2.37. The molecule has 0 unspecified atom stereocenters. The summed E-state index contributed by atoms with van der Waals surface area (Å²) in [6.07, 6.45) is 0. The minimum atomic E-state index is -3.92. The van der Waals surface area contributed by atoms with Crippen molar-refractivity contribution in [1.29, 1.82) is 0 Å². The zero-order valence-electron chi connectivity index (χ0n) is 13.9. The molecule has 0 spiro atoms. The predicted molar refractivity (Wildman–Crippen MR) is 96.0 cm³/mol. The van der Waals surface area contributed by atoms with E-state index in [0.717, 1.165) is 4.31 Å². The second-order valence-corrected chi connectivity index (χ2v) is 7.20. The molecule has 8 heteroatoms. The lowest BCUT2D eigenvalue weighted by atomic mass is 10.2. The summed E-state index contributed by atoms with van der Waals surface area (Å²) in [4.78, 5) is 0. The van der Waals surface area contributed by atoms with Gasteiger partial charge in [-0.25, -0.2) is 13.0 Å². The van der Waals surface area contributed by atoms with E-state index in [-0.39, 0.29) is 18.8 Å². The average molecular weight is 365 g/mol. The molecule has 2 aromatic carbocycles. The number of halogens is 1. The number of anilines is 3. The molecule has 3 rings (SSSR count). The van der Waals surface area contributed by atoms with E-state index in [1.165, 1.54) is 22.5 Å². The van der Waals surface area contributed by atoms with E-state index in [0.29, 0.717) is 24.5 Å². The Labute approximate surface area is 147 Å². The molecule has 134 valence electrons. The Morgan fingerprint density at radius 3 is 2.32 bits per heavy atom. The Balaban J connectivity index is 1.93. The fourth-order valence-corrected chi connectivity index (χ4v) is 4.43. The van der Waals surface area contributed by atoms with E-state index in [4.69, 9.17) is 4.74 Å². The minimum Gasteiger partial charge on any atom is -0.378 e. The van der Waals surface area contributed by atoms with Crippen LogP contribution in [0.25, 0.3) is 0 Å². The molecule has 25 heavy (non-hydrogen) atoms. The molecule has 0 atom stereocenters. The van der Waals surface area contributed by atoms with Crippen molar-refractivity contribution in [1.82, 2.24) is 5.32 Å². The number of fused-ring (bicyclic) bond motifs is 1. The van der Waals surface area contributed by atoms with Gasteiger partial charge in [-0.15, -0.1) is 0 Å². The summed E-state index contributed by atoms with van der Waals surface area (Å²) in [5, 5.41) is 2.96. The molecule has 0 radical (unpaired) electrons. The van der Waals surface area contributed by atoms with Gasteiger partial charge in [-0.05, 0) is 31.3 Å². The fourth-order valence-electron chi connectivity index (χ4n) is 2.72. The van der Waals surface area contributed by atoms with Crippen LogP contribution in [0.4, 0.5) is 21.5 Å². The first-order valence-electron chi connectivity index (χ1n) is 7.96. The lowest BCUT2D eigenvalue weighted by molar-refractivity contribution is 0.145. The van der Waals surface area contributed by atoms with Crippen LogP contribution < -0.4 is 13.9 Å². The highest BCUT2D eigenvalue weighted by Crippen LogP contribution is 2.45. The highest BCUT2D eigenvalue weighted by molar-refractivity contribution is 7.95. The first kappa shape index (κ1) is 17.7. The van der Waals surface area contributed by atoms with Crippen molar-refractivity contribution in [3.63, 3.8) is 0 Å². The van der Waals surface area contributed by atoms with E-state index in [2.05, 4.69) is 5.32 Å². The van der Waals surface area contributed by atoms with Crippen molar-refractivity contribution in [3.8, 4) is 0 Å². The molecule has 1 N–H and O–H groups in total. The first-order valence-corrected chi connectivity index (χ1v) is 9.36. The average Bonchev–Trinajstić information content (AvgIpc) is 2.82. The smallest absolute Gasteiger partial charge is 0.331 e. The third-order valence-electron chi connectivity index (χ3n) is 3.88. The molecule has 0 saturated carbocycles. The number of para-hydroxylation sites is 3. The molecule has 2 aromatic rings. The third-order valence-corrected chi connectivity index (χ3v) is 5.68. The van der Waals surface area contributed by atoms with Crippen molar-refractivity contribution in [2.24, 2.45) is 0 Å². The number of ether oxygens (including phenoxy) is 1. The number of hydrogen-bond acceptors (Lipinski definition) is 4. The van der Waals surface area contributed by atoms with Gasteiger partial charge in [0.05, 0.1) is 36.8 Å². The summed E-state index contributed by atoms with van der Waals surface area (Å²) in [5.41, 5.74) is 0.958. The number of nitrogens with one attached hydrogen (secondary N) is 1. The van der Waals surface area contributed by atoms with Crippen LogP contribution in [0.2, 0.25) is 0 Å². The van der Waals surface area contributed by atoms with Gasteiger partial charge in [0.25, 0.3) is 0 Å². The summed E-state index contributed by atoms with van der Waals surface area (Å²) in [7, 11) is -2.11. The standard InChI is InChI=1S/C17H20FN3O3S/c1-19-10-12-24-13-11-20-16-8-4-5-9-17(16)21(25(20,22)23)15-7-3-2-6-14(15)18/h2-9,19H,10-13H2,1H3. The van der Waals surface area contributed by atoms with Gasteiger partial charge in [0.15, 0.2) is 0 Å². The molecule has 0 bridgehead atoms. The largest absolute Gasteiger partial charge is 0.378 e. The van der Waals surface area contributed by atoms with Crippen LogP contribution >= 0.6 is 0 Å². The topological polar surface area (TPSA) is 61.9 Å². The Kier molecular flexibility index (Phi) is 5.22. The van der Waals surface area contributed by atoms with Gasteiger partial charge in [0.1, 0.15) is 5.82 Å². The zero-order chi connectivity index (χ0) is 17.9. The molecule has 0 aromatic heterocycles. The van der Waals surface area contributed by atoms with E-state index in [1.54, 1.807) is 30.3 Å². The maximum atomic E-state index is 14.2. The van der Waals surface area contributed by atoms with Crippen LogP contribution in [-0.4, -0.2) is 41.8 Å². The Hall–Kier alpha value is -2.16. The monoisotopic (exact) mass is 365 g/mol. The van der Waals surface area contributed by atoms with Crippen LogP contribution in [0.15, 0.2) is 48.5 Å². The van der Waals surface area contributed by atoms with Crippen molar-refractivity contribution in [2.45, 2.75) is 0 Å². The molecule has 1 aliphatic rings. The van der Waals surface area contributed by atoms with E-state index in [1.807, 2.05) is 7.05 Å². The highest BCUT2D eigenvalue weighted by Gasteiger charge is 2.41. The molecule has 0 amide bonds. The summed E-state index contributed by atoms with van der Waals surface area (Å²) >= 11 is 0. The molecular formula is C17H20FN3O3S. The van der Waals surface area contributed by atoms with Crippen LogP contribution in [0.1, 0.15) is 0 Å². The van der Waals surface area contributed by atoms with Crippen LogP contribution in [0.5, 0.6) is 0 Å². The van der Waals surface area contributed by atoms with Gasteiger partial charge >= 0.3 is 10.2 Å². The highest BCUT2D eigenvalue weighted by atomic mass is 32.2. The van der Waals surface area contributed by atoms with E-state index >= 15 is 0 Å². The molecule has 0 saturated heterocycles. The number of likely N-dealkylation sites (N-methyl/N-ethyl adjacent to an activating group) is 1. The maximum Gasteiger partial charge on any atom is 0.331 e. The van der Waals surface area contributed by atoms with Gasteiger partial charge in [-0.2, -0.15) is 8.42 Å². The number of nitrogens with zero attached hydrogens (tertiary/aromatic N) is 2. The molecular weight excluding hydrogens is 345 g/mol. The van der Waals surface area contributed by atoms with Crippen LogP contribution in [0, 0.1) is 5.82 Å². The number of hydrogen-bond donors (Lipinski definition) is 1. The SMILES string of the molecule is CNCCOCCN1c2ccccc2N(c2ccccc2F)S1(=O)=O. The van der Waals surface area contributed by atoms with Crippen molar-refractivity contribution < 1.29 is 17.5 Å². The Morgan fingerprint density at radius 1 is 1.00 bits per heavy atom. The van der Waals surface area contributed by atoms with Gasteiger partial charge in [-0.3, -0.25) is 0 Å². The van der Waals surface area contributed by atoms with Crippen LogP contribution in [-0.2, 0) is 14.9 Å². The Bertz CT molecular complexity index is 845. The predicted octanol–water partition coefficient (Wildman–Crippen LogP) is 2.26. The van der Waals surface area contributed by atoms with Gasteiger partial charge < -0.3 is 10.1 Å². The first-order chi connectivity index (χ1) is 12.1. The van der Waals surface area contributed by atoms with Crippen molar-refractivity contribution in [2.75, 3.05) is 42.0 Å². The zero-order valence-corrected chi connectivity index (χ0v) is 14.7. The lowest BCUT2D eigenvalue weighted by Gasteiger charge is -2.22. The second-order valence-electron chi connectivity index (χ2n) is 5.50. The van der Waals surface area contributed by atoms with Gasteiger partial charge in [-0.1, -0.05) is 24.3 Å². The third kappa shape index (κ3) is 3.33. The van der Waals surface area contributed by atoms with Gasteiger partial charge in [0.2, 0.25) is 0 Å². The van der Waals surface area contributed by atoms with E-state index < -0.39 is 16.0 Å².